The van der Waals surface area contributed by atoms with E-state index in [-0.39, 0.29) is 28.9 Å². The third-order valence-corrected chi connectivity index (χ3v) is 7.09. The van der Waals surface area contributed by atoms with Gasteiger partial charge in [-0.15, -0.1) is 0 Å². The molecule has 154 valence electrons. The quantitative estimate of drug-likeness (QED) is 0.652. The van der Waals surface area contributed by atoms with Gasteiger partial charge in [-0.05, 0) is 44.2 Å². The Morgan fingerprint density at radius 2 is 1.77 bits per heavy atom. The highest BCUT2D eigenvalue weighted by atomic mass is 32.2. The lowest BCUT2D eigenvalue weighted by atomic mass is 10.0. The van der Waals surface area contributed by atoms with Crippen molar-refractivity contribution < 1.29 is 18.0 Å². The summed E-state index contributed by atoms with van der Waals surface area (Å²) >= 11 is 0. The molecule has 0 unspecified atom stereocenters. The first kappa shape index (κ1) is 20.1. The Kier molecular flexibility index (Phi) is 5.07. The van der Waals surface area contributed by atoms with E-state index in [0.717, 1.165) is 22.0 Å². The number of rotatable bonds is 6. The van der Waals surface area contributed by atoms with Gasteiger partial charge >= 0.3 is 0 Å². The van der Waals surface area contributed by atoms with Crippen molar-refractivity contribution in [2.45, 2.75) is 25.2 Å². The summed E-state index contributed by atoms with van der Waals surface area (Å²) < 4.78 is 25.0. The van der Waals surface area contributed by atoms with Crippen LogP contribution in [0.25, 0.3) is 10.8 Å². The maximum absolute atomic E-state index is 12.6. The first-order chi connectivity index (χ1) is 14.3. The van der Waals surface area contributed by atoms with Gasteiger partial charge in [-0.3, -0.25) is 9.59 Å². The number of benzene rings is 3. The first-order valence-electron chi connectivity index (χ1n) is 9.78. The van der Waals surface area contributed by atoms with Crippen molar-refractivity contribution in [3.8, 4) is 0 Å². The van der Waals surface area contributed by atoms with E-state index >= 15 is 0 Å². The van der Waals surface area contributed by atoms with Crippen molar-refractivity contribution in [3.05, 3.63) is 65.7 Å². The van der Waals surface area contributed by atoms with Crippen molar-refractivity contribution in [1.29, 1.82) is 0 Å². The Labute approximate surface area is 175 Å². The standard InChI is InChI=1S/C23H22N2O4S/c1-3-25-20-12-11-19(17-5-4-6-18(22(17)20)23(25)27)24-21(26)13-14-30(28,29)16-9-7-15(2)8-10-16/h4-12H,3,13-14H2,1-2H3,(H,24,26). The predicted octanol–water partition coefficient (Wildman–Crippen LogP) is 3.93. The van der Waals surface area contributed by atoms with Crippen molar-refractivity contribution in [3.63, 3.8) is 0 Å². The number of amides is 2. The highest BCUT2D eigenvalue weighted by molar-refractivity contribution is 7.91. The molecule has 0 fully saturated rings. The monoisotopic (exact) mass is 422 g/mol. The Morgan fingerprint density at radius 3 is 2.47 bits per heavy atom. The molecule has 0 bridgehead atoms. The summed E-state index contributed by atoms with van der Waals surface area (Å²) in [6.45, 7) is 4.36. The van der Waals surface area contributed by atoms with Gasteiger partial charge in [0.25, 0.3) is 5.91 Å². The number of hydrogen-bond donors (Lipinski definition) is 1. The molecule has 6 nitrogen and oxygen atoms in total. The maximum Gasteiger partial charge on any atom is 0.258 e. The second-order valence-electron chi connectivity index (χ2n) is 7.34. The topological polar surface area (TPSA) is 83.6 Å². The Hall–Kier alpha value is -3.19. The molecule has 0 radical (unpaired) electrons. The fourth-order valence-electron chi connectivity index (χ4n) is 3.77. The second-order valence-corrected chi connectivity index (χ2v) is 9.45. The average Bonchev–Trinajstić information content (AvgIpc) is 3.01. The molecule has 1 N–H and O–H groups in total. The number of aryl methyl sites for hydroxylation is 1. The van der Waals surface area contributed by atoms with Gasteiger partial charge in [0.2, 0.25) is 5.91 Å². The van der Waals surface area contributed by atoms with Gasteiger partial charge in [0.05, 0.1) is 16.3 Å². The van der Waals surface area contributed by atoms with Crippen LogP contribution in [0, 0.1) is 6.92 Å². The average molecular weight is 423 g/mol. The van der Waals surface area contributed by atoms with E-state index in [1.165, 1.54) is 0 Å². The lowest BCUT2D eigenvalue weighted by Crippen LogP contribution is -2.25. The highest BCUT2D eigenvalue weighted by Crippen LogP contribution is 2.40. The van der Waals surface area contributed by atoms with Crippen LogP contribution in [0.4, 0.5) is 11.4 Å². The van der Waals surface area contributed by atoms with Gasteiger partial charge in [0, 0.05) is 35.0 Å². The Bertz CT molecular complexity index is 1260. The molecule has 1 aliphatic rings. The molecule has 1 heterocycles. The molecular weight excluding hydrogens is 400 g/mol. The summed E-state index contributed by atoms with van der Waals surface area (Å²) in [4.78, 5) is 27.0. The summed E-state index contributed by atoms with van der Waals surface area (Å²) in [5.41, 5.74) is 2.98. The van der Waals surface area contributed by atoms with E-state index in [2.05, 4.69) is 5.32 Å². The summed E-state index contributed by atoms with van der Waals surface area (Å²) in [5.74, 6) is -0.709. The fraction of sp³-hybridized carbons (Fsp3) is 0.217. The molecule has 3 aromatic carbocycles. The van der Waals surface area contributed by atoms with Crippen LogP contribution in [0.3, 0.4) is 0 Å². The minimum atomic E-state index is -3.54. The van der Waals surface area contributed by atoms with Crippen LogP contribution in [0.15, 0.2) is 59.5 Å². The van der Waals surface area contributed by atoms with Gasteiger partial charge < -0.3 is 10.2 Å². The summed E-state index contributed by atoms with van der Waals surface area (Å²) in [7, 11) is -3.54. The lowest BCUT2D eigenvalue weighted by molar-refractivity contribution is -0.115. The van der Waals surface area contributed by atoms with Crippen LogP contribution in [0.1, 0.15) is 29.3 Å². The Balaban J connectivity index is 1.54. The molecule has 30 heavy (non-hydrogen) atoms. The zero-order chi connectivity index (χ0) is 21.5. The lowest BCUT2D eigenvalue weighted by Gasteiger charge is -2.15. The molecule has 0 saturated carbocycles. The number of carbonyl (C=O) groups excluding carboxylic acids is 2. The van der Waals surface area contributed by atoms with Crippen molar-refractivity contribution >= 4 is 43.8 Å². The molecular formula is C23H22N2O4S. The number of anilines is 2. The number of carbonyl (C=O) groups is 2. The van der Waals surface area contributed by atoms with Crippen LogP contribution in [-0.2, 0) is 14.6 Å². The van der Waals surface area contributed by atoms with Crippen molar-refractivity contribution in [2.24, 2.45) is 0 Å². The first-order valence-corrected chi connectivity index (χ1v) is 11.4. The van der Waals surface area contributed by atoms with E-state index in [4.69, 9.17) is 0 Å². The molecule has 2 amide bonds. The van der Waals surface area contributed by atoms with Crippen LogP contribution >= 0.6 is 0 Å². The molecule has 0 aromatic heterocycles. The molecule has 0 aliphatic carbocycles. The third kappa shape index (κ3) is 3.45. The van der Waals surface area contributed by atoms with Crippen LogP contribution < -0.4 is 10.2 Å². The van der Waals surface area contributed by atoms with Crippen LogP contribution in [0.5, 0.6) is 0 Å². The van der Waals surface area contributed by atoms with Crippen molar-refractivity contribution in [2.75, 3.05) is 22.5 Å². The zero-order valence-electron chi connectivity index (χ0n) is 16.8. The third-order valence-electron chi connectivity index (χ3n) is 5.35. The number of sulfone groups is 1. The fourth-order valence-corrected chi connectivity index (χ4v) is 5.01. The normalized spacial score (nSPS) is 13.1. The molecule has 3 aromatic rings. The van der Waals surface area contributed by atoms with Crippen LogP contribution in [0.2, 0.25) is 0 Å². The second kappa shape index (κ2) is 7.57. The van der Waals surface area contributed by atoms with E-state index < -0.39 is 9.84 Å². The molecule has 0 saturated heterocycles. The van der Waals surface area contributed by atoms with Crippen LogP contribution in [-0.4, -0.2) is 32.5 Å². The molecule has 1 aliphatic heterocycles. The van der Waals surface area contributed by atoms with Crippen molar-refractivity contribution in [1.82, 2.24) is 0 Å². The molecule has 0 atom stereocenters. The Morgan fingerprint density at radius 1 is 1.03 bits per heavy atom. The highest BCUT2D eigenvalue weighted by Gasteiger charge is 2.29. The van der Waals surface area contributed by atoms with E-state index in [1.54, 1.807) is 47.4 Å². The summed E-state index contributed by atoms with van der Waals surface area (Å²) in [5, 5.41) is 4.40. The maximum atomic E-state index is 12.6. The molecule has 4 rings (SSSR count). The molecule has 0 spiro atoms. The minimum absolute atomic E-state index is 0.0502. The minimum Gasteiger partial charge on any atom is -0.325 e. The van der Waals surface area contributed by atoms with E-state index in [9.17, 15) is 18.0 Å². The van der Waals surface area contributed by atoms with E-state index in [0.29, 0.717) is 17.8 Å². The number of nitrogens with zero attached hydrogens (tertiary/aromatic N) is 1. The summed E-state index contributed by atoms with van der Waals surface area (Å²) in [6.07, 6.45) is -0.154. The van der Waals surface area contributed by atoms with Gasteiger partial charge in [0.15, 0.2) is 9.84 Å². The SMILES string of the molecule is CCN1C(=O)c2cccc3c(NC(=O)CCS(=O)(=O)c4ccc(C)cc4)ccc1c23. The molecule has 7 heteroatoms. The number of hydrogen-bond acceptors (Lipinski definition) is 4. The number of nitrogens with one attached hydrogen (secondary N) is 1. The smallest absolute Gasteiger partial charge is 0.258 e. The van der Waals surface area contributed by atoms with Gasteiger partial charge in [-0.1, -0.05) is 29.8 Å². The zero-order valence-corrected chi connectivity index (χ0v) is 17.6. The van der Waals surface area contributed by atoms with Gasteiger partial charge in [-0.2, -0.15) is 0 Å². The summed E-state index contributed by atoms with van der Waals surface area (Å²) in [6, 6.07) is 15.6. The largest absolute Gasteiger partial charge is 0.325 e. The van der Waals surface area contributed by atoms with E-state index in [1.807, 2.05) is 26.0 Å². The van der Waals surface area contributed by atoms with Gasteiger partial charge in [0.1, 0.15) is 0 Å². The van der Waals surface area contributed by atoms with Gasteiger partial charge in [-0.25, -0.2) is 8.42 Å². The predicted molar refractivity (Wildman–Crippen MR) is 118 cm³/mol.